The van der Waals surface area contributed by atoms with Crippen LogP contribution in [-0.4, -0.2) is 40.5 Å². The first-order chi connectivity index (χ1) is 14.9. The second-order valence-electron chi connectivity index (χ2n) is 8.03. The number of carbonyl (C=O) groups excluding carboxylic acids is 1. The molecule has 160 valence electrons. The smallest absolute Gasteiger partial charge is 0.232 e. The Labute approximate surface area is 181 Å². The fraction of sp³-hybridized carbons (Fsp3) is 0.292. The van der Waals surface area contributed by atoms with Crippen molar-refractivity contribution in [3.05, 3.63) is 83.9 Å². The first-order valence-corrected chi connectivity index (χ1v) is 10.3. The van der Waals surface area contributed by atoms with Gasteiger partial charge in [0.15, 0.2) is 0 Å². The highest BCUT2D eigenvalue weighted by Gasteiger charge is 2.37. The number of nitrogens with one attached hydrogen (secondary N) is 1. The normalized spacial score (nSPS) is 16.7. The number of ether oxygens (including phenoxy) is 1. The Bertz CT molecular complexity index is 1060. The average molecular weight is 420 g/mol. The predicted molar refractivity (Wildman–Crippen MR) is 116 cm³/mol. The molecule has 2 aromatic heterocycles. The highest BCUT2D eigenvalue weighted by Crippen LogP contribution is 2.30. The lowest BCUT2D eigenvalue weighted by Gasteiger charge is -2.37. The molecule has 1 aliphatic heterocycles. The van der Waals surface area contributed by atoms with Crippen LogP contribution >= 0.6 is 0 Å². The van der Waals surface area contributed by atoms with Gasteiger partial charge in [0.2, 0.25) is 5.91 Å². The van der Waals surface area contributed by atoms with Crippen molar-refractivity contribution in [1.82, 2.24) is 14.9 Å². The summed E-state index contributed by atoms with van der Waals surface area (Å²) in [7, 11) is 0. The Morgan fingerprint density at radius 3 is 2.71 bits per heavy atom. The third kappa shape index (κ3) is 4.72. The molecule has 7 heteroatoms. The molecule has 0 radical (unpaired) electrons. The van der Waals surface area contributed by atoms with Crippen LogP contribution in [0.3, 0.4) is 0 Å². The van der Waals surface area contributed by atoms with E-state index in [1.54, 1.807) is 23.2 Å². The number of anilines is 2. The number of carbonyl (C=O) groups is 1. The molecule has 0 unspecified atom stereocenters. The van der Waals surface area contributed by atoms with Gasteiger partial charge in [-0.05, 0) is 55.8 Å². The molecule has 1 amide bonds. The summed E-state index contributed by atoms with van der Waals surface area (Å²) in [6, 6.07) is 17.5. The van der Waals surface area contributed by atoms with E-state index in [1.165, 1.54) is 12.1 Å². The van der Waals surface area contributed by atoms with Gasteiger partial charge < -0.3 is 15.0 Å². The number of nitrogens with zero attached hydrogens (tertiary/aromatic N) is 3. The van der Waals surface area contributed by atoms with Gasteiger partial charge in [-0.2, -0.15) is 0 Å². The summed E-state index contributed by atoms with van der Waals surface area (Å²) in [4.78, 5) is 24.0. The summed E-state index contributed by atoms with van der Waals surface area (Å²) in [5.74, 6) is 0.947. The van der Waals surface area contributed by atoms with Crippen LogP contribution in [0.15, 0.2) is 66.9 Å². The van der Waals surface area contributed by atoms with E-state index in [4.69, 9.17) is 4.74 Å². The summed E-state index contributed by atoms with van der Waals surface area (Å²) in [5.41, 5.74) is 0.544. The summed E-state index contributed by atoms with van der Waals surface area (Å²) in [6.07, 6.45) is 1.37. The molecule has 6 nitrogen and oxygen atoms in total. The first-order valence-electron chi connectivity index (χ1n) is 10.3. The molecule has 1 atom stereocenters. The van der Waals surface area contributed by atoms with E-state index < -0.39 is 5.41 Å². The molecule has 3 heterocycles. The van der Waals surface area contributed by atoms with Gasteiger partial charge in [-0.1, -0.05) is 24.3 Å². The van der Waals surface area contributed by atoms with E-state index in [2.05, 4.69) is 15.3 Å². The van der Waals surface area contributed by atoms with Gasteiger partial charge in [0.1, 0.15) is 23.6 Å². The second kappa shape index (κ2) is 8.81. The van der Waals surface area contributed by atoms with Crippen LogP contribution < -0.4 is 5.32 Å². The molecule has 0 aliphatic carbocycles. The quantitative estimate of drug-likeness (QED) is 0.669. The van der Waals surface area contributed by atoms with Crippen molar-refractivity contribution < 1.29 is 13.9 Å². The number of rotatable bonds is 5. The summed E-state index contributed by atoms with van der Waals surface area (Å²) >= 11 is 0. The SMILES string of the molecule is CC(C)(C(=O)N1CCO[C@H](c2cccc(Nc3ccccn3)n2)C1)c1cccc(F)c1. The number of hydrogen-bond donors (Lipinski definition) is 1. The largest absolute Gasteiger partial charge is 0.368 e. The van der Waals surface area contributed by atoms with Crippen molar-refractivity contribution in [3.63, 3.8) is 0 Å². The zero-order valence-corrected chi connectivity index (χ0v) is 17.6. The monoisotopic (exact) mass is 420 g/mol. The minimum absolute atomic E-state index is 0.0610. The van der Waals surface area contributed by atoms with Gasteiger partial charge in [0.25, 0.3) is 0 Å². The Kier molecular flexibility index (Phi) is 5.95. The van der Waals surface area contributed by atoms with Gasteiger partial charge in [0.05, 0.1) is 24.3 Å². The van der Waals surface area contributed by atoms with Crippen molar-refractivity contribution in [3.8, 4) is 0 Å². The Morgan fingerprint density at radius 1 is 1.13 bits per heavy atom. The molecule has 1 saturated heterocycles. The van der Waals surface area contributed by atoms with Crippen LogP contribution in [0, 0.1) is 5.82 Å². The van der Waals surface area contributed by atoms with E-state index in [0.717, 1.165) is 5.69 Å². The fourth-order valence-corrected chi connectivity index (χ4v) is 3.68. The van der Waals surface area contributed by atoms with Gasteiger partial charge >= 0.3 is 0 Å². The lowest BCUT2D eigenvalue weighted by Crippen LogP contribution is -2.49. The molecule has 1 aliphatic rings. The Balaban J connectivity index is 1.49. The highest BCUT2D eigenvalue weighted by molar-refractivity contribution is 5.87. The number of aromatic nitrogens is 2. The van der Waals surface area contributed by atoms with E-state index in [1.807, 2.05) is 50.2 Å². The van der Waals surface area contributed by atoms with Crippen molar-refractivity contribution in [1.29, 1.82) is 0 Å². The molecule has 3 aromatic rings. The maximum Gasteiger partial charge on any atom is 0.232 e. The van der Waals surface area contributed by atoms with Crippen LogP contribution in [0.4, 0.5) is 16.0 Å². The topological polar surface area (TPSA) is 67.3 Å². The zero-order valence-electron chi connectivity index (χ0n) is 17.6. The predicted octanol–water partition coefficient (Wildman–Crippen LogP) is 4.24. The first kappa shape index (κ1) is 20.9. The van der Waals surface area contributed by atoms with Crippen LogP contribution in [-0.2, 0) is 14.9 Å². The number of halogens is 1. The minimum atomic E-state index is -0.847. The molecule has 31 heavy (non-hydrogen) atoms. The molecule has 4 rings (SSSR count). The lowest BCUT2D eigenvalue weighted by molar-refractivity contribution is -0.144. The highest BCUT2D eigenvalue weighted by atomic mass is 19.1. The molecule has 1 aromatic carbocycles. The van der Waals surface area contributed by atoms with E-state index >= 15 is 0 Å². The van der Waals surface area contributed by atoms with Crippen molar-refractivity contribution in [2.24, 2.45) is 0 Å². The van der Waals surface area contributed by atoms with Crippen LogP contribution in [0.1, 0.15) is 31.2 Å². The molecule has 1 fully saturated rings. The van der Waals surface area contributed by atoms with Gasteiger partial charge in [0, 0.05) is 12.7 Å². The van der Waals surface area contributed by atoms with Crippen LogP contribution in [0.2, 0.25) is 0 Å². The number of pyridine rings is 2. The molecule has 0 spiro atoms. The standard InChI is InChI=1S/C24H25FN4O2/c1-24(2,17-7-5-8-18(25)15-17)23(30)29-13-14-31-20(16-29)19-9-6-11-22(27-19)28-21-10-3-4-12-26-21/h3-12,15,20H,13-14,16H2,1-2H3,(H,26,27,28)/t20-/m0/s1. The summed E-state index contributed by atoms with van der Waals surface area (Å²) in [6.45, 7) is 4.93. The van der Waals surface area contributed by atoms with Gasteiger partial charge in [-0.3, -0.25) is 4.79 Å². The molecular formula is C24H25FN4O2. The van der Waals surface area contributed by atoms with Crippen LogP contribution in [0.25, 0.3) is 0 Å². The van der Waals surface area contributed by atoms with E-state index in [9.17, 15) is 9.18 Å². The number of benzene rings is 1. The Morgan fingerprint density at radius 2 is 1.94 bits per heavy atom. The van der Waals surface area contributed by atoms with Crippen molar-refractivity contribution in [2.45, 2.75) is 25.4 Å². The van der Waals surface area contributed by atoms with E-state index in [0.29, 0.717) is 36.9 Å². The van der Waals surface area contributed by atoms with Gasteiger partial charge in [-0.15, -0.1) is 0 Å². The number of amides is 1. The minimum Gasteiger partial charge on any atom is -0.368 e. The second-order valence-corrected chi connectivity index (χ2v) is 8.03. The van der Waals surface area contributed by atoms with Crippen molar-refractivity contribution in [2.75, 3.05) is 25.0 Å². The lowest BCUT2D eigenvalue weighted by atomic mass is 9.83. The average Bonchev–Trinajstić information content (AvgIpc) is 2.79. The third-order valence-corrected chi connectivity index (χ3v) is 5.46. The number of hydrogen-bond acceptors (Lipinski definition) is 5. The van der Waals surface area contributed by atoms with E-state index in [-0.39, 0.29) is 17.8 Å². The molecule has 1 N–H and O–H groups in total. The maximum absolute atomic E-state index is 13.7. The summed E-state index contributed by atoms with van der Waals surface area (Å²) < 4.78 is 19.6. The third-order valence-electron chi connectivity index (χ3n) is 5.46. The molecule has 0 saturated carbocycles. The zero-order chi connectivity index (χ0) is 21.8. The maximum atomic E-state index is 13.7. The van der Waals surface area contributed by atoms with Crippen LogP contribution in [0.5, 0.6) is 0 Å². The van der Waals surface area contributed by atoms with Gasteiger partial charge in [-0.25, -0.2) is 14.4 Å². The molecular weight excluding hydrogens is 395 g/mol. The fourth-order valence-electron chi connectivity index (χ4n) is 3.68. The summed E-state index contributed by atoms with van der Waals surface area (Å²) in [5, 5.41) is 3.17. The number of morpholine rings is 1. The molecule has 0 bridgehead atoms. The Hall–Kier alpha value is -3.32. The van der Waals surface area contributed by atoms with Crippen molar-refractivity contribution >= 4 is 17.5 Å².